The standard InChI is InChI=1S/C20H25NO4S/c1-5-24-18-8-6-7-16-11-17(12-25-19(16)18)21-26(22,23)20-14(3)9-13(2)10-15(20)4/h6-10,17,21H,5,11-12H2,1-4H3. The van der Waals surface area contributed by atoms with E-state index in [0.717, 1.165) is 22.3 Å². The zero-order valence-electron chi connectivity index (χ0n) is 15.6. The minimum absolute atomic E-state index is 0.278. The van der Waals surface area contributed by atoms with Gasteiger partial charge in [0.2, 0.25) is 10.0 Å². The molecule has 1 aliphatic rings. The summed E-state index contributed by atoms with van der Waals surface area (Å²) < 4.78 is 40.1. The second-order valence-electron chi connectivity index (χ2n) is 6.74. The van der Waals surface area contributed by atoms with Crippen LogP contribution < -0.4 is 14.2 Å². The van der Waals surface area contributed by atoms with Crippen LogP contribution in [0, 0.1) is 20.8 Å². The summed E-state index contributed by atoms with van der Waals surface area (Å²) in [5.74, 6) is 1.42. The lowest BCUT2D eigenvalue weighted by molar-refractivity contribution is 0.233. The van der Waals surface area contributed by atoms with Gasteiger partial charge in [-0.2, -0.15) is 0 Å². The van der Waals surface area contributed by atoms with Gasteiger partial charge < -0.3 is 9.47 Å². The van der Waals surface area contributed by atoms with Crippen molar-refractivity contribution in [3.63, 3.8) is 0 Å². The van der Waals surface area contributed by atoms with Crippen LogP contribution in [0.1, 0.15) is 29.2 Å². The van der Waals surface area contributed by atoms with Crippen LogP contribution in [-0.2, 0) is 16.4 Å². The van der Waals surface area contributed by atoms with E-state index < -0.39 is 10.0 Å². The average molecular weight is 375 g/mol. The van der Waals surface area contributed by atoms with E-state index in [2.05, 4.69) is 4.72 Å². The number of aryl methyl sites for hydroxylation is 3. The van der Waals surface area contributed by atoms with Crippen molar-refractivity contribution in [3.05, 3.63) is 52.6 Å². The number of para-hydroxylation sites is 1. The molecule has 0 amide bonds. The van der Waals surface area contributed by atoms with Crippen molar-refractivity contribution in [2.45, 2.75) is 45.1 Å². The second kappa shape index (κ2) is 7.29. The van der Waals surface area contributed by atoms with Gasteiger partial charge in [-0.05, 0) is 56.9 Å². The minimum atomic E-state index is -3.62. The van der Waals surface area contributed by atoms with Gasteiger partial charge in [0.15, 0.2) is 11.5 Å². The van der Waals surface area contributed by atoms with Gasteiger partial charge in [-0.15, -0.1) is 0 Å². The molecule has 1 N–H and O–H groups in total. The van der Waals surface area contributed by atoms with Crippen LogP contribution in [-0.4, -0.2) is 27.7 Å². The fourth-order valence-corrected chi connectivity index (χ4v) is 5.28. The molecule has 0 radical (unpaired) electrons. The van der Waals surface area contributed by atoms with Crippen molar-refractivity contribution in [2.75, 3.05) is 13.2 Å². The molecule has 0 saturated carbocycles. The molecular weight excluding hydrogens is 350 g/mol. The number of sulfonamides is 1. The second-order valence-corrected chi connectivity index (χ2v) is 8.39. The molecule has 140 valence electrons. The smallest absolute Gasteiger partial charge is 0.241 e. The predicted octanol–water partition coefficient (Wildman–Crippen LogP) is 3.29. The van der Waals surface area contributed by atoms with E-state index in [1.807, 2.05) is 58.0 Å². The fourth-order valence-electron chi connectivity index (χ4n) is 3.61. The first-order valence-electron chi connectivity index (χ1n) is 8.79. The van der Waals surface area contributed by atoms with Crippen molar-refractivity contribution >= 4 is 10.0 Å². The number of hydrogen-bond acceptors (Lipinski definition) is 4. The van der Waals surface area contributed by atoms with E-state index in [1.54, 1.807) is 0 Å². The van der Waals surface area contributed by atoms with Crippen LogP contribution in [0.2, 0.25) is 0 Å². The zero-order chi connectivity index (χ0) is 18.9. The Labute approximate surface area is 155 Å². The molecule has 6 heteroatoms. The monoisotopic (exact) mass is 375 g/mol. The lowest BCUT2D eigenvalue weighted by Gasteiger charge is -2.27. The molecule has 1 aliphatic heterocycles. The highest BCUT2D eigenvalue weighted by atomic mass is 32.2. The third-order valence-corrected chi connectivity index (χ3v) is 6.28. The van der Waals surface area contributed by atoms with E-state index in [9.17, 15) is 8.42 Å². The molecule has 2 aromatic carbocycles. The van der Waals surface area contributed by atoms with E-state index in [1.165, 1.54) is 0 Å². The molecule has 0 fully saturated rings. The molecule has 2 aromatic rings. The lowest BCUT2D eigenvalue weighted by atomic mass is 10.0. The molecule has 0 saturated heterocycles. The third kappa shape index (κ3) is 3.71. The third-order valence-electron chi connectivity index (χ3n) is 4.45. The number of hydrogen-bond donors (Lipinski definition) is 1. The lowest BCUT2D eigenvalue weighted by Crippen LogP contribution is -2.43. The summed E-state index contributed by atoms with van der Waals surface area (Å²) in [6.45, 7) is 8.38. The van der Waals surface area contributed by atoms with Gasteiger partial charge in [0.1, 0.15) is 6.61 Å². The number of nitrogens with one attached hydrogen (secondary N) is 1. The number of fused-ring (bicyclic) bond motifs is 1. The molecule has 0 aliphatic carbocycles. The Balaban J connectivity index is 1.84. The van der Waals surface area contributed by atoms with Crippen LogP contribution >= 0.6 is 0 Å². The van der Waals surface area contributed by atoms with Crippen molar-refractivity contribution in [1.82, 2.24) is 4.72 Å². The summed E-state index contributed by atoms with van der Waals surface area (Å²) in [5, 5.41) is 0. The SMILES string of the molecule is CCOc1cccc2c1OCC(NS(=O)(=O)c1c(C)cc(C)cc1C)C2. The van der Waals surface area contributed by atoms with Crippen molar-refractivity contribution in [2.24, 2.45) is 0 Å². The Morgan fingerprint density at radius 3 is 2.54 bits per heavy atom. The largest absolute Gasteiger partial charge is 0.490 e. The Bertz CT molecular complexity index is 898. The van der Waals surface area contributed by atoms with Gasteiger partial charge in [-0.3, -0.25) is 0 Å². The van der Waals surface area contributed by atoms with Crippen LogP contribution in [0.25, 0.3) is 0 Å². The molecule has 0 bridgehead atoms. The topological polar surface area (TPSA) is 64.6 Å². The Morgan fingerprint density at radius 1 is 1.19 bits per heavy atom. The maximum Gasteiger partial charge on any atom is 0.241 e. The summed E-state index contributed by atoms with van der Waals surface area (Å²) in [4.78, 5) is 0.358. The normalized spacial score (nSPS) is 16.7. The van der Waals surface area contributed by atoms with E-state index in [-0.39, 0.29) is 12.6 Å². The minimum Gasteiger partial charge on any atom is -0.490 e. The van der Waals surface area contributed by atoms with Gasteiger partial charge in [0.05, 0.1) is 17.5 Å². The summed E-state index contributed by atoms with van der Waals surface area (Å²) in [6.07, 6.45) is 0.569. The molecule has 1 unspecified atom stereocenters. The summed E-state index contributed by atoms with van der Waals surface area (Å²) >= 11 is 0. The summed E-state index contributed by atoms with van der Waals surface area (Å²) in [5.41, 5.74) is 3.51. The van der Waals surface area contributed by atoms with Crippen molar-refractivity contribution in [3.8, 4) is 11.5 Å². The van der Waals surface area contributed by atoms with Gasteiger partial charge in [0, 0.05) is 0 Å². The highest BCUT2D eigenvalue weighted by Gasteiger charge is 2.28. The molecule has 0 aromatic heterocycles. The maximum atomic E-state index is 12.9. The fraction of sp³-hybridized carbons (Fsp3) is 0.400. The van der Waals surface area contributed by atoms with Crippen molar-refractivity contribution < 1.29 is 17.9 Å². The van der Waals surface area contributed by atoms with Crippen LogP contribution in [0.5, 0.6) is 11.5 Å². The Kier molecular flexibility index (Phi) is 5.25. The molecule has 3 rings (SSSR count). The van der Waals surface area contributed by atoms with Gasteiger partial charge in [-0.1, -0.05) is 29.8 Å². The average Bonchev–Trinajstić information content (AvgIpc) is 2.53. The quantitative estimate of drug-likeness (QED) is 0.871. The highest BCUT2D eigenvalue weighted by Crippen LogP contribution is 2.35. The molecular formula is C20H25NO4S. The number of ether oxygens (including phenoxy) is 2. The first-order chi connectivity index (χ1) is 12.3. The Morgan fingerprint density at radius 2 is 1.88 bits per heavy atom. The molecule has 1 atom stereocenters. The zero-order valence-corrected chi connectivity index (χ0v) is 16.4. The number of benzene rings is 2. The van der Waals surface area contributed by atoms with Crippen LogP contribution in [0.3, 0.4) is 0 Å². The van der Waals surface area contributed by atoms with Crippen LogP contribution in [0.4, 0.5) is 0 Å². The van der Waals surface area contributed by atoms with Gasteiger partial charge in [-0.25, -0.2) is 13.1 Å². The first-order valence-corrected chi connectivity index (χ1v) is 10.3. The van der Waals surface area contributed by atoms with E-state index in [4.69, 9.17) is 9.47 Å². The Hall–Kier alpha value is -2.05. The van der Waals surface area contributed by atoms with Gasteiger partial charge >= 0.3 is 0 Å². The van der Waals surface area contributed by atoms with Crippen LogP contribution in [0.15, 0.2) is 35.2 Å². The van der Waals surface area contributed by atoms with Crippen molar-refractivity contribution in [1.29, 1.82) is 0 Å². The summed E-state index contributed by atoms with van der Waals surface area (Å²) in [7, 11) is -3.62. The predicted molar refractivity (Wildman–Crippen MR) is 102 cm³/mol. The molecule has 5 nitrogen and oxygen atoms in total. The molecule has 26 heavy (non-hydrogen) atoms. The van der Waals surface area contributed by atoms with Gasteiger partial charge in [0.25, 0.3) is 0 Å². The highest BCUT2D eigenvalue weighted by molar-refractivity contribution is 7.89. The van der Waals surface area contributed by atoms with E-state index >= 15 is 0 Å². The molecule has 0 spiro atoms. The maximum absolute atomic E-state index is 12.9. The number of rotatable bonds is 5. The molecule has 1 heterocycles. The first kappa shape index (κ1) is 18.7. The van der Waals surface area contributed by atoms with E-state index in [0.29, 0.717) is 29.4 Å². The summed E-state index contributed by atoms with van der Waals surface area (Å²) in [6, 6.07) is 9.18.